The lowest BCUT2D eigenvalue weighted by Gasteiger charge is -2.17. The Morgan fingerprint density at radius 3 is 2.50 bits per heavy atom. The summed E-state index contributed by atoms with van der Waals surface area (Å²) in [5, 5.41) is 4.78. The first-order chi connectivity index (χ1) is 7.39. The first-order valence-corrected chi connectivity index (χ1v) is 5.16. The van der Waals surface area contributed by atoms with E-state index in [-0.39, 0.29) is 18.9 Å². The van der Waals surface area contributed by atoms with E-state index < -0.39 is 18.8 Å². The van der Waals surface area contributed by atoms with Crippen LogP contribution >= 0.6 is 0 Å². The molecule has 0 aromatic heterocycles. The van der Waals surface area contributed by atoms with E-state index in [1.54, 1.807) is 0 Å². The molecule has 0 aromatic rings. The van der Waals surface area contributed by atoms with Crippen molar-refractivity contribution < 1.29 is 18.0 Å². The van der Waals surface area contributed by atoms with E-state index in [1.807, 2.05) is 6.92 Å². The normalized spacial score (nSPS) is 13.6. The topological polar surface area (TPSA) is 67.2 Å². The van der Waals surface area contributed by atoms with Gasteiger partial charge in [0.05, 0.1) is 6.54 Å². The lowest BCUT2D eigenvalue weighted by atomic mass is 10.2. The van der Waals surface area contributed by atoms with Crippen molar-refractivity contribution in [3.8, 4) is 0 Å². The molecule has 0 heterocycles. The maximum Gasteiger partial charge on any atom is 0.401 e. The SMILES string of the molecule is CCCNC(=O)CC(CN)NCC(F)(F)F. The minimum absolute atomic E-state index is 0.00434. The molecule has 0 aliphatic carbocycles. The molecule has 0 aliphatic rings. The monoisotopic (exact) mass is 241 g/mol. The molecular formula is C9H18F3N3O. The summed E-state index contributed by atoms with van der Waals surface area (Å²) < 4.78 is 35.7. The summed E-state index contributed by atoms with van der Waals surface area (Å²) >= 11 is 0. The van der Waals surface area contributed by atoms with Gasteiger partial charge in [0.2, 0.25) is 5.91 Å². The molecule has 0 aromatic carbocycles. The van der Waals surface area contributed by atoms with E-state index in [0.717, 1.165) is 6.42 Å². The Kier molecular flexibility index (Phi) is 7.07. The van der Waals surface area contributed by atoms with Crippen LogP contribution in [0, 0.1) is 0 Å². The first-order valence-electron chi connectivity index (χ1n) is 5.16. The van der Waals surface area contributed by atoms with Gasteiger partial charge in [0.15, 0.2) is 0 Å². The van der Waals surface area contributed by atoms with Crippen molar-refractivity contribution in [2.45, 2.75) is 32.0 Å². The highest BCUT2D eigenvalue weighted by atomic mass is 19.4. The molecule has 0 bridgehead atoms. The molecule has 1 unspecified atom stereocenters. The zero-order valence-electron chi connectivity index (χ0n) is 9.23. The highest BCUT2D eigenvalue weighted by Gasteiger charge is 2.28. The summed E-state index contributed by atoms with van der Waals surface area (Å²) in [6, 6.07) is -0.640. The highest BCUT2D eigenvalue weighted by Crippen LogP contribution is 2.12. The highest BCUT2D eigenvalue weighted by molar-refractivity contribution is 5.76. The maximum atomic E-state index is 11.9. The number of nitrogens with two attached hydrogens (primary N) is 1. The second-order valence-corrected chi connectivity index (χ2v) is 3.48. The molecular weight excluding hydrogens is 223 g/mol. The number of hydrogen-bond donors (Lipinski definition) is 3. The largest absolute Gasteiger partial charge is 0.401 e. The zero-order valence-corrected chi connectivity index (χ0v) is 9.23. The van der Waals surface area contributed by atoms with Crippen LogP contribution in [0.2, 0.25) is 0 Å². The Hall–Kier alpha value is -0.820. The van der Waals surface area contributed by atoms with Gasteiger partial charge in [-0.2, -0.15) is 13.2 Å². The Morgan fingerprint density at radius 2 is 2.06 bits per heavy atom. The Balaban J connectivity index is 3.86. The Morgan fingerprint density at radius 1 is 1.44 bits per heavy atom. The summed E-state index contributed by atoms with van der Waals surface area (Å²) in [6.45, 7) is 1.28. The Labute approximate surface area is 92.8 Å². The van der Waals surface area contributed by atoms with Gasteiger partial charge in [-0.25, -0.2) is 0 Å². The number of alkyl halides is 3. The molecule has 16 heavy (non-hydrogen) atoms. The number of nitrogens with one attached hydrogen (secondary N) is 2. The fraction of sp³-hybridized carbons (Fsp3) is 0.889. The van der Waals surface area contributed by atoms with E-state index in [2.05, 4.69) is 10.6 Å². The fourth-order valence-corrected chi connectivity index (χ4v) is 1.06. The van der Waals surface area contributed by atoms with Crippen molar-refractivity contribution in [2.24, 2.45) is 5.73 Å². The fourth-order valence-electron chi connectivity index (χ4n) is 1.06. The molecule has 7 heteroatoms. The molecule has 0 aliphatic heterocycles. The van der Waals surface area contributed by atoms with Crippen LogP contribution in [-0.2, 0) is 4.79 Å². The molecule has 1 amide bonds. The number of carbonyl (C=O) groups is 1. The number of carbonyl (C=O) groups excluding carboxylic acids is 1. The Bertz CT molecular complexity index is 209. The van der Waals surface area contributed by atoms with Crippen LogP contribution in [0.1, 0.15) is 19.8 Å². The van der Waals surface area contributed by atoms with Crippen molar-refractivity contribution in [1.82, 2.24) is 10.6 Å². The molecule has 0 spiro atoms. The molecule has 4 nitrogen and oxygen atoms in total. The van der Waals surface area contributed by atoms with Crippen molar-refractivity contribution in [3.05, 3.63) is 0 Å². The maximum absolute atomic E-state index is 11.9. The van der Waals surface area contributed by atoms with Crippen LogP contribution in [0.15, 0.2) is 0 Å². The van der Waals surface area contributed by atoms with Gasteiger partial charge in [-0.3, -0.25) is 4.79 Å². The second kappa shape index (κ2) is 7.45. The van der Waals surface area contributed by atoms with Crippen LogP contribution in [-0.4, -0.2) is 37.8 Å². The van der Waals surface area contributed by atoms with E-state index >= 15 is 0 Å². The quantitative estimate of drug-likeness (QED) is 0.603. The van der Waals surface area contributed by atoms with Gasteiger partial charge in [0, 0.05) is 25.6 Å². The molecule has 96 valence electrons. The lowest BCUT2D eigenvalue weighted by Crippen LogP contribution is -2.44. The summed E-state index contributed by atoms with van der Waals surface area (Å²) in [5.74, 6) is -0.285. The average molecular weight is 241 g/mol. The molecule has 0 fully saturated rings. The van der Waals surface area contributed by atoms with Crippen LogP contribution in [0.5, 0.6) is 0 Å². The third-order valence-electron chi connectivity index (χ3n) is 1.88. The van der Waals surface area contributed by atoms with Gasteiger partial charge in [-0.15, -0.1) is 0 Å². The van der Waals surface area contributed by atoms with Gasteiger partial charge in [-0.05, 0) is 6.42 Å². The minimum atomic E-state index is -4.28. The second-order valence-electron chi connectivity index (χ2n) is 3.48. The van der Waals surface area contributed by atoms with Gasteiger partial charge in [-0.1, -0.05) is 6.92 Å². The lowest BCUT2D eigenvalue weighted by molar-refractivity contribution is -0.129. The van der Waals surface area contributed by atoms with Crippen LogP contribution in [0.4, 0.5) is 13.2 Å². The summed E-state index contributed by atoms with van der Waals surface area (Å²) in [5.41, 5.74) is 5.27. The van der Waals surface area contributed by atoms with E-state index in [9.17, 15) is 18.0 Å². The standard InChI is InChI=1S/C9H18F3N3O/c1-2-3-14-8(16)4-7(5-13)15-6-9(10,11)12/h7,15H,2-6,13H2,1H3,(H,14,16). The summed E-state index contributed by atoms with van der Waals surface area (Å²) in [6.07, 6.45) is -3.53. The van der Waals surface area contributed by atoms with Gasteiger partial charge in [0.1, 0.15) is 0 Å². The average Bonchev–Trinajstić information content (AvgIpc) is 2.19. The third kappa shape index (κ3) is 8.49. The number of rotatable bonds is 7. The van der Waals surface area contributed by atoms with Crippen molar-refractivity contribution in [1.29, 1.82) is 0 Å². The zero-order chi connectivity index (χ0) is 12.6. The smallest absolute Gasteiger partial charge is 0.356 e. The van der Waals surface area contributed by atoms with Gasteiger partial charge < -0.3 is 16.4 Å². The van der Waals surface area contributed by atoms with Crippen LogP contribution in [0.25, 0.3) is 0 Å². The summed E-state index contributed by atoms with van der Waals surface area (Å²) in [7, 11) is 0. The first kappa shape index (κ1) is 15.2. The molecule has 0 rings (SSSR count). The number of halogens is 3. The molecule has 0 saturated heterocycles. The molecule has 0 radical (unpaired) electrons. The van der Waals surface area contributed by atoms with Crippen molar-refractivity contribution in [2.75, 3.05) is 19.6 Å². The molecule has 0 saturated carbocycles. The van der Waals surface area contributed by atoms with Crippen LogP contribution < -0.4 is 16.4 Å². The van der Waals surface area contributed by atoms with Crippen LogP contribution in [0.3, 0.4) is 0 Å². The number of amides is 1. The predicted molar refractivity (Wildman–Crippen MR) is 54.8 cm³/mol. The number of hydrogen-bond acceptors (Lipinski definition) is 3. The predicted octanol–water partition coefficient (Wildman–Crippen LogP) is 0.382. The van der Waals surface area contributed by atoms with Crippen molar-refractivity contribution in [3.63, 3.8) is 0 Å². The van der Waals surface area contributed by atoms with E-state index in [0.29, 0.717) is 6.54 Å². The molecule has 1 atom stereocenters. The minimum Gasteiger partial charge on any atom is -0.356 e. The van der Waals surface area contributed by atoms with Crippen molar-refractivity contribution >= 4 is 5.91 Å². The van der Waals surface area contributed by atoms with Gasteiger partial charge in [0.25, 0.3) is 0 Å². The van der Waals surface area contributed by atoms with Gasteiger partial charge >= 0.3 is 6.18 Å². The summed E-state index contributed by atoms with van der Waals surface area (Å²) in [4.78, 5) is 11.2. The van der Waals surface area contributed by atoms with E-state index in [1.165, 1.54) is 0 Å². The molecule has 4 N–H and O–H groups in total. The van der Waals surface area contributed by atoms with E-state index in [4.69, 9.17) is 5.73 Å². The third-order valence-corrected chi connectivity index (χ3v) is 1.88.